The largest absolute Gasteiger partial charge is 0.444 e. The molecule has 1 N–H and O–H groups in total. The molecule has 0 bridgehead atoms. The van der Waals surface area contributed by atoms with E-state index in [2.05, 4.69) is 15.3 Å². The molecule has 0 atom stereocenters. The number of halogens is 3. The maximum absolute atomic E-state index is 13.3. The van der Waals surface area contributed by atoms with Gasteiger partial charge in [-0.1, -0.05) is 11.6 Å². The van der Waals surface area contributed by atoms with E-state index in [9.17, 15) is 13.6 Å². The van der Waals surface area contributed by atoms with Crippen molar-refractivity contribution in [1.29, 1.82) is 0 Å². The molecule has 9 heteroatoms. The van der Waals surface area contributed by atoms with Gasteiger partial charge in [0.25, 0.3) is 0 Å². The van der Waals surface area contributed by atoms with E-state index < -0.39 is 11.5 Å². The molecule has 29 heavy (non-hydrogen) atoms. The zero-order valence-corrected chi connectivity index (χ0v) is 17.9. The first-order valence-corrected chi connectivity index (χ1v) is 10.6. The van der Waals surface area contributed by atoms with Crippen LogP contribution in [0, 0.1) is 0 Å². The van der Waals surface area contributed by atoms with Crippen molar-refractivity contribution in [3.63, 3.8) is 0 Å². The molecule has 2 fully saturated rings. The van der Waals surface area contributed by atoms with Crippen molar-refractivity contribution >= 4 is 23.6 Å². The first kappa shape index (κ1) is 22.0. The van der Waals surface area contributed by atoms with Crippen molar-refractivity contribution in [1.82, 2.24) is 14.9 Å². The first-order valence-electron chi connectivity index (χ1n) is 10.2. The molecule has 0 spiro atoms. The van der Waals surface area contributed by atoms with E-state index in [4.69, 9.17) is 16.3 Å². The molecule has 1 aliphatic heterocycles. The molecule has 1 aliphatic carbocycles. The minimum atomic E-state index is -2.57. The van der Waals surface area contributed by atoms with Crippen LogP contribution in [-0.4, -0.2) is 51.6 Å². The number of aromatic nitrogens is 2. The van der Waals surface area contributed by atoms with Crippen molar-refractivity contribution in [3.8, 4) is 0 Å². The first-order chi connectivity index (χ1) is 13.5. The summed E-state index contributed by atoms with van der Waals surface area (Å²) in [5.41, 5.74) is 0.301. The molecule has 1 saturated carbocycles. The molecule has 162 valence electrons. The van der Waals surface area contributed by atoms with Crippen molar-refractivity contribution in [2.45, 2.75) is 82.8 Å². The SMILES string of the molecule is CC(C)(C)OC(=O)N1CCC(c2cc(Cl)nc(NC3CCC(F)(F)CC3)n2)CC1. The van der Waals surface area contributed by atoms with E-state index in [1.165, 1.54) is 0 Å². The summed E-state index contributed by atoms with van der Waals surface area (Å²) in [6.07, 6.45) is 1.72. The highest BCUT2D eigenvalue weighted by Gasteiger charge is 2.35. The van der Waals surface area contributed by atoms with Crippen LogP contribution in [0.4, 0.5) is 19.5 Å². The number of hydrogen-bond acceptors (Lipinski definition) is 5. The Bertz CT molecular complexity index is 724. The Labute approximate surface area is 175 Å². The smallest absolute Gasteiger partial charge is 0.410 e. The van der Waals surface area contributed by atoms with Gasteiger partial charge < -0.3 is 15.0 Å². The van der Waals surface area contributed by atoms with Gasteiger partial charge in [-0.05, 0) is 52.5 Å². The number of piperidine rings is 1. The maximum Gasteiger partial charge on any atom is 0.410 e. The van der Waals surface area contributed by atoms with Crippen LogP contribution in [0.5, 0.6) is 0 Å². The number of carbonyl (C=O) groups is 1. The molecule has 2 heterocycles. The fraction of sp³-hybridized carbons (Fsp3) is 0.750. The Morgan fingerprint density at radius 1 is 1.21 bits per heavy atom. The molecular weight excluding hydrogens is 402 g/mol. The highest BCUT2D eigenvalue weighted by molar-refractivity contribution is 6.29. The average Bonchev–Trinajstić information content (AvgIpc) is 2.62. The molecule has 2 aliphatic rings. The summed E-state index contributed by atoms with van der Waals surface area (Å²) in [4.78, 5) is 22.7. The lowest BCUT2D eigenvalue weighted by Gasteiger charge is -2.33. The van der Waals surface area contributed by atoms with Gasteiger partial charge in [-0.2, -0.15) is 0 Å². The van der Waals surface area contributed by atoms with Crippen LogP contribution in [0.2, 0.25) is 5.15 Å². The Kier molecular flexibility index (Phi) is 6.51. The number of nitrogens with one attached hydrogen (secondary N) is 1. The van der Waals surface area contributed by atoms with Crippen molar-refractivity contribution in [2.24, 2.45) is 0 Å². The van der Waals surface area contributed by atoms with Gasteiger partial charge in [-0.3, -0.25) is 0 Å². The number of hydrogen-bond donors (Lipinski definition) is 1. The number of anilines is 1. The quantitative estimate of drug-likeness (QED) is 0.664. The number of rotatable bonds is 3. The van der Waals surface area contributed by atoms with Crippen LogP contribution < -0.4 is 5.32 Å². The number of carbonyl (C=O) groups excluding carboxylic acids is 1. The summed E-state index contributed by atoms with van der Waals surface area (Å²) in [5, 5.41) is 3.49. The summed E-state index contributed by atoms with van der Waals surface area (Å²) in [6.45, 7) is 6.72. The fourth-order valence-corrected chi connectivity index (χ4v) is 3.95. The predicted octanol–water partition coefficient (Wildman–Crippen LogP) is 5.23. The van der Waals surface area contributed by atoms with Crippen LogP contribution in [0.1, 0.15) is 70.9 Å². The standard InChI is InChI=1S/C20H29ClF2N4O2/c1-19(2,3)29-18(28)27-10-6-13(7-11-27)15-12-16(21)26-17(25-15)24-14-4-8-20(22,23)9-5-14/h12-14H,4-11H2,1-3H3,(H,24,25,26). The van der Waals surface area contributed by atoms with Gasteiger partial charge in [0.1, 0.15) is 10.8 Å². The van der Waals surface area contributed by atoms with Gasteiger partial charge in [0.2, 0.25) is 11.9 Å². The van der Waals surface area contributed by atoms with Gasteiger partial charge in [-0.25, -0.2) is 23.5 Å². The van der Waals surface area contributed by atoms with Gasteiger partial charge >= 0.3 is 6.09 Å². The molecule has 0 unspecified atom stereocenters. The van der Waals surface area contributed by atoms with Crippen LogP contribution in [0.15, 0.2) is 6.07 Å². The number of amides is 1. The molecular formula is C20H29ClF2N4O2. The van der Waals surface area contributed by atoms with Crippen molar-refractivity contribution in [2.75, 3.05) is 18.4 Å². The predicted molar refractivity (Wildman–Crippen MR) is 108 cm³/mol. The Morgan fingerprint density at radius 3 is 2.41 bits per heavy atom. The van der Waals surface area contributed by atoms with E-state index in [0.717, 1.165) is 18.5 Å². The molecule has 0 radical (unpaired) electrons. The molecule has 1 aromatic rings. The van der Waals surface area contributed by atoms with E-state index in [1.54, 1.807) is 11.0 Å². The zero-order chi connectivity index (χ0) is 21.2. The summed E-state index contributed by atoms with van der Waals surface area (Å²) in [5.74, 6) is -2.02. The van der Waals surface area contributed by atoms with E-state index in [0.29, 0.717) is 37.0 Å². The maximum atomic E-state index is 13.3. The van der Waals surface area contributed by atoms with Gasteiger partial charge in [-0.15, -0.1) is 0 Å². The minimum Gasteiger partial charge on any atom is -0.444 e. The highest BCUT2D eigenvalue weighted by Crippen LogP contribution is 2.34. The lowest BCUT2D eigenvalue weighted by atomic mass is 9.92. The molecule has 0 aromatic carbocycles. The molecule has 3 rings (SSSR count). The van der Waals surface area contributed by atoms with Crippen LogP contribution in [0.3, 0.4) is 0 Å². The Hall–Kier alpha value is -1.70. The van der Waals surface area contributed by atoms with E-state index in [-0.39, 0.29) is 30.9 Å². The van der Waals surface area contributed by atoms with Crippen LogP contribution >= 0.6 is 11.6 Å². The third kappa shape index (κ3) is 6.39. The topological polar surface area (TPSA) is 67.3 Å². The second kappa shape index (κ2) is 8.58. The van der Waals surface area contributed by atoms with Crippen LogP contribution in [0.25, 0.3) is 0 Å². The monoisotopic (exact) mass is 430 g/mol. The number of likely N-dealkylation sites (tertiary alicyclic amines) is 1. The van der Waals surface area contributed by atoms with Gasteiger partial charge in [0.05, 0.1) is 5.69 Å². The molecule has 1 aromatic heterocycles. The summed E-state index contributed by atoms with van der Waals surface area (Å²) >= 11 is 6.19. The average molecular weight is 431 g/mol. The van der Waals surface area contributed by atoms with E-state index >= 15 is 0 Å². The van der Waals surface area contributed by atoms with E-state index in [1.807, 2.05) is 20.8 Å². The van der Waals surface area contributed by atoms with Crippen molar-refractivity contribution < 1.29 is 18.3 Å². The molecule has 1 amide bonds. The molecule has 6 nitrogen and oxygen atoms in total. The summed E-state index contributed by atoms with van der Waals surface area (Å²) in [7, 11) is 0. The minimum absolute atomic E-state index is 0.0741. The van der Waals surface area contributed by atoms with Gasteiger partial charge in [0.15, 0.2) is 0 Å². The second-order valence-corrected chi connectivity index (χ2v) is 9.34. The van der Waals surface area contributed by atoms with Gasteiger partial charge in [0, 0.05) is 37.9 Å². The van der Waals surface area contributed by atoms with Crippen LogP contribution in [-0.2, 0) is 4.74 Å². The number of nitrogens with zero attached hydrogens (tertiary/aromatic N) is 3. The summed E-state index contributed by atoms with van der Waals surface area (Å²) in [6, 6.07) is 1.67. The highest BCUT2D eigenvalue weighted by atomic mass is 35.5. The third-order valence-corrected chi connectivity index (χ3v) is 5.52. The Balaban J connectivity index is 1.58. The lowest BCUT2D eigenvalue weighted by Crippen LogP contribution is -2.41. The molecule has 1 saturated heterocycles. The summed E-state index contributed by atoms with van der Waals surface area (Å²) < 4.78 is 32.1. The third-order valence-electron chi connectivity index (χ3n) is 5.33. The number of ether oxygens (including phenoxy) is 1. The number of alkyl halides is 2. The fourth-order valence-electron chi connectivity index (χ4n) is 3.76. The lowest BCUT2D eigenvalue weighted by molar-refractivity contribution is -0.0361. The zero-order valence-electron chi connectivity index (χ0n) is 17.2. The normalized spacial score (nSPS) is 21.1. The Morgan fingerprint density at radius 2 is 1.83 bits per heavy atom. The second-order valence-electron chi connectivity index (χ2n) is 8.96. The van der Waals surface area contributed by atoms with Crippen molar-refractivity contribution in [3.05, 3.63) is 16.9 Å².